The van der Waals surface area contributed by atoms with Crippen LogP contribution in [0.3, 0.4) is 0 Å². The molecule has 14 aliphatic rings. The summed E-state index contributed by atoms with van der Waals surface area (Å²) in [6.07, 6.45) is 1.42. The number of ether oxygens (including phenoxy) is 20. The van der Waals surface area contributed by atoms with Crippen LogP contribution in [0, 0.1) is 50.4 Å². The summed E-state index contributed by atoms with van der Waals surface area (Å²) in [5, 5.41) is 28.2. The zero-order chi connectivity index (χ0) is 92.1. The maximum atomic E-state index is 15.1. The second kappa shape index (κ2) is 38.0. The maximum absolute atomic E-state index is 15.1. The van der Waals surface area contributed by atoms with E-state index in [4.69, 9.17) is 94.7 Å². The molecule has 38 heteroatoms. The predicted molar refractivity (Wildman–Crippen MR) is 479 cm³/mol. The fourth-order valence-corrected chi connectivity index (χ4v) is 24.8. The molecular formula is C95H104N8O28S2. The molecule has 2 N–H and O–H groups in total. The zero-order valence-electron chi connectivity index (χ0n) is 72.9. The Morgan fingerprint density at radius 1 is 0.459 bits per heavy atom. The number of fused-ring (bicyclic) bond motifs is 18. The first-order chi connectivity index (χ1) is 62.6. The number of hydrogen-bond acceptors (Lipinski definition) is 38. The molecule has 0 saturated carbocycles. The Kier molecular flexibility index (Phi) is 27.5. The molecule has 0 radical (unpaired) electrons. The number of nitriles is 2. The topological polar surface area (TPSA) is 406 Å². The van der Waals surface area contributed by atoms with E-state index in [0.717, 1.165) is 36.2 Å². The van der Waals surface area contributed by atoms with Gasteiger partial charge in [0.1, 0.15) is 36.8 Å². The molecule has 14 heterocycles. The third kappa shape index (κ3) is 15.6. The van der Waals surface area contributed by atoms with Gasteiger partial charge >= 0.3 is 48.5 Å². The summed E-state index contributed by atoms with van der Waals surface area (Å²) in [6, 6.07) is 9.07. The van der Waals surface area contributed by atoms with E-state index in [-0.39, 0.29) is 107 Å². The first-order valence-corrected chi connectivity index (χ1v) is 43.7. The minimum atomic E-state index is -1.51. The number of aryl methyl sites for hydroxylation is 2. The normalized spacial score (nSPS) is 25.2. The average molecular weight is 1870 g/mol. The van der Waals surface area contributed by atoms with Gasteiger partial charge in [-0.05, 0) is 136 Å². The number of hydrogen-bond donors (Lipinski definition) is 2. The minimum absolute atomic E-state index is 0. The summed E-state index contributed by atoms with van der Waals surface area (Å²) in [6.45, 7) is 23.7. The van der Waals surface area contributed by atoms with Gasteiger partial charge in [0.2, 0.25) is 13.6 Å². The number of methoxy groups -OCH3 is 4. The molecule has 4 fully saturated rings. The molecule has 0 aromatic heterocycles. The van der Waals surface area contributed by atoms with Crippen molar-refractivity contribution >= 4 is 72.0 Å². The van der Waals surface area contributed by atoms with Crippen LogP contribution < -0.4 is 76.9 Å². The number of thioether (sulfide) groups is 2. The van der Waals surface area contributed by atoms with Gasteiger partial charge in [-0.2, -0.15) is 10.5 Å². The van der Waals surface area contributed by atoms with Gasteiger partial charge in [0, 0.05) is 107 Å². The molecule has 14 atom stereocenters. The van der Waals surface area contributed by atoms with Gasteiger partial charge in [-0.3, -0.25) is 39.8 Å². The summed E-state index contributed by atoms with van der Waals surface area (Å²) in [5.74, 6) is 1.18. The van der Waals surface area contributed by atoms with Gasteiger partial charge in [-0.1, -0.05) is 60.7 Å². The number of esters is 4. The third-order valence-corrected chi connectivity index (χ3v) is 29.2. The van der Waals surface area contributed by atoms with Gasteiger partial charge in [0.15, 0.2) is 80.1 Å². The fraction of sp³-hybridized carbons (Fsp3) is 0.432. The highest BCUT2D eigenvalue weighted by Crippen LogP contribution is 2.68. The lowest BCUT2D eigenvalue weighted by Gasteiger charge is -2.62. The molecule has 2 unspecified atom stereocenters. The predicted octanol–water partition coefficient (Wildman–Crippen LogP) is 13.7. The molecule has 14 aliphatic heterocycles. The molecule has 133 heavy (non-hydrogen) atoms. The summed E-state index contributed by atoms with van der Waals surface area (Å²) < 4.78 is 116. The fourth-order valence-electron chi connectivity index (χ4n) is 21.4. The Morgan fingerprint density at radius 3 is 1.16 bits per heavy atom. The Bertz CT molecular complexity index is 5580. The van der Waals surface area contributed by atoms with Crippen molar-refractivity contribution in [3.8, 4) is 92.6 Å². The van der Waals surface area contributed by atoms with E-state index in [1.165, 1.54) is 65.8 Å². The number of nitrogens with one attached hydrogen (secondary N) is 2. The Balaban J connectivity index is 0.000000209. The van der Waals surface area contributed by atoms with Crippen LogP contribution in [0.1, 0.15) is 160 Å². The van der Waals surface area contributed by atoms with Gasteiger partial charge in [0.25, 0.3) is 0 Å². The van der Waals surface area contributed by atoms with Gasteiger partial charge in [0.05, 0.1) is 100 Å². The van der Waals surface area contributed by atoms with E-state index in [2.05, 4.69) is 68.7 Å². The molecule has 0 amide bonds. The van der Waals surface area contributed by atoms with E-state index in [1.54, 1.807) is 38.1 Å². The summed E-state index contributed by atoms with van der Waals surface area (Å²) in [5.41, 5.74) is 7.18. The van der Waals surface area contributed by atoms with Crippen molar-refractivity contribution in [3.63, 3.8) is 0 Å². The smallest absolute Gasteiger partial charge is 0.493 e. The molecule has 6 aromatic carbocycles. The van der Waals surface area contributed by atoms with Gasteiger partial charge in [-0.15, -0.1) is 23.5 Å². The Morgan fingerprint density at radius 2 is 0.820 bits per heavy atom. The molecule has 8 bridgehead atoms. The average Bonchev–Trinajstić information content (AvgIpc) is 1.50. The van der Waals surface area contributed by atoms with Gasteiger partial charge in [-0.25, -0.2) is 28.8 Å². The minimum Gasteiger partial charge on any atom is -0.493 e. The van der Waals surface area contributed by atoms with Crippen LogP contribution in [-0.4, -0.2) is 198 Å². The number of piperazine rings is 2. The Hall–Kier alpha value is -12.9. The quantitative estimate of drug-likeness (QED) is 0.0336. The van der Waals surface area contributed by atoms with Crippen LogP contribution in [0.4, 0.5) is 19.2 Å². The molecule has 2 spiro atoms. The van der Waals surface area contributed by atoms with Crippen molar-refractivity contribution in [2.24, 2.45) is 0 Å². The van der Waals surface area contributed by atoms with Crippen molar-refractivity contribution in [3.05, 3.63) is 177 Å². The van der Waals surface area contributed by atoms with Crippen molar-refractivity contribution < 1.29 is 133 Å². The summed E-state index contributed by atoms with van der Waals surface area (Å²) >= 11 is 2.80. The summed E-state index contributed by atoms with van der Waals surface area (Å²) in [4.78, 5) is 116. The second-order valence-electron chi connectivity index (χ2n) is 32.6. The lowest BCUT2D eigenvalue weighted by Crippen LogP contribution is -2.69. The van der Waals surface area contributed by atoms with E-state index < -0.39 is 130 Å². The number of likely N-dealkylation sites (N-methyl/N-ethyl adjacent to an activating group) is 2. The molecule has 0 aliphatic carbocycles. The van der Waals surface area contributed by atoms with Crippen LogP contribution in [0.25, 0.3) is 0 Å². The molecule has 6 aromatic rings. The number of carbonyl (C=O) groups excluding carboxylic acids is 8. The van der Waals surface area contributed by atoms with Crippen LogP contribution in [0.2, 0.25) is 0 Å². The monoisotopic (exact) mass is 1870 g/mol. The van der Waals surface area contributed by atoms with Crippen molar-refractivity contribution in [1.82, 2.24) is 30.2 Å². The molecule has 36 nitrogen and oxygen atoms in total. The van der Waals surface area contributed by atoms with E-state index in [1.807, 2.05) is 40.1 Å². The largest absolute Gasteiger partial charge is 0.518 e. The number of benzene rings is 6. The Labute approximate surface area is 776 Å². The van der Waals surface area contributed by atoms with E-state index >= 15 is 9.59 Å². The van der Waals surface area contributed by atoms with Crippen molar-refractivity contribution in [2.45, 2.75) is 172 Å². The highest BCUT2D eigenvalue weighted by Gasteiger charge is 2.65. The standard InChI is InChI=1S/2C46H46N4O14S.3CH4/c2*1-9-57-44(53)63-31-15-24-11-12-48-46(26(24)16-30(31)55-7)19-65-42-34-33(40-39(60-20-61-40)22(4)38(34)62-23(5)51)29(18-59-43(46)52)50-28(17-47)27-14-25-13-21(3)37(56-8)41(64-45(54)58-10-2)32(25)35(36(42)50)49(27)6;;;/h2*9-10,13,15-16,27-29,35-36,42,48H,1-2,11-12,14,18-20H2,3-8H3;3*1H4/t2*27-,28-,29-,35+,36?,42+,46+;;;/m00.../s1. The van der Waals surface area contributed by atoms with Crippen molar-refractivity contribution in [1.29, 1.82) is 10.5 Å². The molecule has 20 rings (SSSR count). The van der Waals surface area contributed by atoms with E-state index in [9.17, 15) is 39.3 Å². The van der Waals surface area contributed by atoms with Crippen LogP contribution in [-0.2, 0) is 84.4 Å². The lowest BCUT2D eigenvalue weighted by atomic mass is 9.71. The second-order valence-corrected chi connectivity index (χ2v) is 34.9. The van der Waals surface area contributed by atoms with Crippen LogP contribution >= 0.6 is 23.5 Å². The van der Waals surface area contributed by atoms with Crippen LogP contribution in [0.5, 0.6) is 80.5 Å². The number of rotatable bonds is 14. The highest BCUT2D eigenvalue weighted by molar-refractivity contribution is 7.99. The summed E-state index contributed by atoms with van der Waals surface area (Å²) in [7, 11) is 9.68. The highest BCUT2D eigenvalue weighted by atomic mass is 32.2. The van der Waals surface area contributed by atoms with Gasteiger partial charge < -0.3 is 94.7 Å². The first-order valence-electron chi connectivity index (χ1n) is 41.6. The number of carbonyl (C=O) groups is 8. The van der Waals surface area contributed by atoms with E-state index in [0.29, 0.717) is 151 Å². The number of nitrogens with zero attached hydrogens (tertiary/aromatic N) is 6. The maximum Gasteiger partial charge on any atom is 0.518 e. The molecule has 4 saturated heterocycles. The third-order valence-electron chi connectivity index (χ3n) is 26.3. The van der Waals surface area contributed by atoms with Crippen molar-refractivity contribution in [2.75, 3.05) is 93.9 Å². The molecule has 704 valence electrons. The zero-order valence-corrected chi connectivity index (χ0v) is 74.6. The molecular weight excluding hydrogens is 1770 g/mol. The lowest BCUT2D eigenvalue weighted by molar-refractivity contribution is -0.158. The first kappa shape index (κ1) is 96.1. The SMILES string of the molecule is C.C.C.C=COC(=O)Oc1cc2c(cc1OC)[C@@]1(CS[C@@H]3c4c(OC(C)=O)c(C)c5c(c4[C@H](COC1=O)N1C3[C@H]3c4c(cc(C)c(OC)c4OC(=O)OC=C)C[C@@H]([C@@H]1C#N)N3C)OCO5)NCC2.C=COC(=O)Oc1cc2c(cc1OC)[C@@]1(CS[C@@H]3c4c(OC(C)=O)c(C)c5c(c4[C@H](COC1=O)N1C3[C@H]3c4c(cc(C)c(OC)c4OC(=O)OC=C)C[C@@H]([C@@H]1C#N)N3C)OCO5)NCC2. The van der Waals surface area contributed by atoms with Crippen LogP contribution in [0.15, 0.2) is 87.8 Å².